The van der Waals surface area contributed by atoms with Gasteiger partial charge in [-0.25, -0.2) is 14.4 Å². The summed E-state index contributed by atoms with van der Waals surface area (Å²) in [6, 6.07) is 6.68. The highest BCUT2D eigenvalue weighted by atomic mass is 32.1. The van der Waals surface area contributed by atoms with Crippen LogP contribution in [0.1, 0.15) is 11.6 Å². The zero-order valence-electron chi connectivity index (χ0n) is 10.8. The maximum absolute atomic E-state index is 13.0. The zero-order valence-corrected chi connectivity index (χ0v) is 11.6. The molecule has 1 unspecified atom stereocenters. The van der Waals surface area contributed by atoms with Crippen LogP contribution in [-0.4, -0.2) is 15.9 Å². The van der Waals surface area contributed by atoms with Gasteiger partial charge in [0.05, 0.1) is 5.39 Å². The van der Waals surface area contributed by atoms with Crippen molar-refractivity contribution < 1.29 is 9.18 Å². The number of rotatable bonds is 4. The Morgan fingerprint density at radius 1 is 1.24 bits per heavy atom. The summed E-state index contributed by atoms with van der Waals surface area (Å²) >= 11 is 1.48. The van der Waals surface area contributed by atoms with Gasteiger partial charge in [-0.05, 0) is 29.1 Å². The second-order valence-corrected chi connectivity index (χ2v) is 5.29. The van der Waals surface area contributed by atoms with Crippen LogP contribution in [-0.2, 0) is 4.79 Å². The third kappa shape index (κ3) is 2.68. The molecule has 1 aromatic carbocycles. The minimum absolute atomic E-state index is 0.371. The van der Waals surface area contributed by atoms with Crippen LogP contribution in [0.2, 0.25) is 0 Å². The number of halogens is 1. The van der Waals surface area contributed by atoms with Crippen molar-refractivity contribution in [2.24, 2.45) is 5.73 Å². The number of amides is 1. The first kappa shape index (κ1) is 13.4. The molecule has 0 radical (unpaired) electrons. The predicted molar refractivity (Wildman–Crippen MR) is 79.4 cm³/mol. The molecule has 3 rings (SSSR count). The molecule has 0 aliphatic rings. The van der Waals surface area contributed by atoms with E-state index in [1.165, 1.54) is 41.9 Å². The molecule has 7 heteroatoms. The van der Waals surface area contributed by atoms with Gasteiger partial charge in [-0.2, -0.15) is 0 Å². The SMILES string of the molecule is NC(=O)C(Nc1ncnc2sccc12)c1ccc(F)cc1. The number of hydrogen-bond acceptors (Lipinski definition) is 5. The van der Waals surface area contributed by atoms with Gasteiger partial charge in [0.1, 0.15) is 28.8 Å². The first-order valence-electron chi connectivity index (χ1n) is 6.14. The molecule has 0 fully saturated rings. The van der Waals surface area contributed by atoms with E-state index in [1.54, 1.807) is 0 Å². The Balaban J connectivity index is 1.97. The number of carbonyl (C=O) groups excluding carboxylic acids is 1. The van der Waals surface area contributed by atoms with E-state index < -0.39 is 11.9 Å². The molecule has 3 aromatic rings. The molecule has 0 saturated heterocycles. The molecule has 1 amide bonds. The molecule has 0 bridgehead atoms. The van der Waals surface area contributed by atoms with E-state index in [1.807, 2.05) is 11.4 Å². The van der Waals surface area contributed by atoms with E-state index in [0.29, 0.717) is 11.4 Å². The summed E-state index contributed by atoms with van der Waals surface area (Å²) in [6.45, 7) is 0. The third-order valence-corrected chi connectivity index (χ3v) is 3.85. The van der Waals surface area contributed by atoms with Crippen molar-refractivity contribution in [3.63, 3.8) is 0 Å². The van der Waals surface area contributed by atoms with Crippen molar-refractivity contribution in [3.8, 4) is 0 Å². The molecule has 3 N–H and O–H groups in total. The van der Waals surface area contributed by atoms with Gasteiger partial charge in [0.25, 0.3) is 0 Å². The van der Waals surface area contributed by atoms with Crippen molar-refractivity contribution in [3.05, 3.63) is 53.4 Å². The van der Waals surface area contributed by atoms with Crippen molar-refractivity contribution >= 4 is 33.3 Å². The topological polar surface area (TPSA) is 80.9 Å². The standard InChI is InChI=1S/C14H11FN4OS/c15-9-3-1-8(2-4-9)11(12(16)20)19-13-10-5-6-21-14(10)18-7-17-13/h1-7,11H,(H2,16,20)(H,17,18,19). The van der Waals surface area contributed by atoms with Crippen LogP contribution in [0.25, 0.3) is 10.2 Å². The molecule has 2 heterocycles. The van der Waals surface area contributed by atoms with E-state index in [-0.39, 0.29) is 5.82 Å². The first-order chi connectivity index (χ1) is 10.1. The molecule has 0 spiro atoms. The van der Waals surface area contributed by atoms with Gasteiger partial charge in [0.15, 0.2) is 0 Å². The van der Waals surface area contributed by atoms with Crippen LogP contribution in [0, 0.1) is 5.82 Å². The van der Waals surface area contributed by atoms with E-state index in [0.717, 1.165) is 10.2 Å². The fourth-order valence-corrected chi connectivity index (χ4v) is 2.75. The van der Waals surface area contributed by atoms with Gasteiger partial charge < -0.3 is 11.1 Å². The quantitative estimate of drug-likeness (QED) is 0.775. The second-order valence-electron chi connectivity index (χ2n) is 4.39. The fraction of sp³-hybridized carbons (Fsp3) is 0.0714. The van der Waals surface area contributed by atoms with Crippen LogP contribution in [0.15, 0.2) is 42.0 Å². The van der Waals surface area contributed by atoms with Gasteiger partial charge >= 0.3 is 0 Å². The van der Waals surface area contributed by atoms with Crippen LogP contribution >= 0.6 is 11.3 Å². The number of anilines is 1. The van der Waals surface area contributed by atoms with Crippen molar-refractivity contribution in [1.82, 2.24) is 9.97 Å². The average molecular weight is 302 g/mol. The zero-order chi connectivity index (χ0) is 14.8. The Hall–Kier alpha value is -2.54. The summed E-state index contributed by atoms with van der Waals surface area (Å²) in [6.07, 6.45) is 1.42. The van der Waals surface area contributed by atoms with Gasteiger partial charge in [-0.15, -0.1) is 11.3 Å². The smallest absolute Gasteiger partial charge is 0.244 e. The van der Waals surface area contributed by atoms with Gasteiger partial charge in [0, 0.05) is 0 Å². The highest BCUT2D eigenvalue weighted by Crippen LogP contribution is 2.27. The lowest BCUT2D eigenvalue weighted by Crippen LogP contribution is -2.28. The number of fused-ring (bicyclic) bond motifs is 1. The lowest BCUT2D eigenvalue weighted by atomic mass is 10.1. The Bertz CT molecular complexity index is 787. The highest BCUT2D eigenvalue weighted by Gasteiger charge is 2.19. The van der Waals surface area contributed by atoms with E-state index >= 15 is 0 Å². The van der Waals surface area contributed by atoms with Crippen molar-refractivity contribution in [2.45, 2.75) is 6.04 Å². The Morgan fingerprint density at radius 2 is 2.00 bits per heavy atom. The Morgan fingerprint density at radius 3 is 2.71 bits per heavy atom. The van der Waals surface area contributed by atoms with Crippen LogP contribution in [0.4, 0.5) is 10.2 Å². The lowest BCUT2D eigenvalue weighted by Gasteiger charge is -2.16. The monoisotopic (exact) mass is 302 g/mol. The molecule has 0 saturated carbocycles. The summed E-state index contributed by atoms with van der Waals surface area (Å²) in [7, 11) is 0. The number of nitrogens with one attached hydrogen (secondary N) is 1. The molecular formula is C14H11FN4OS. The number of nitrogens with two attached hydrogens (primary N) is 1. The lowest BCUT2D eigenvalue weighted by molar-refractivity contribution is -0.118. The summed E-state index contributed by atoms with van der Waals surface area (Å²) in [4.78, 5) is 20.8. The number of hydrogen-bond donors (Lipinski definition) is 2. The van der Waals surface area contributed by atoms with E-state index in [4.69, 9.17) is 5.73 Å². The maximum Gasteiger partial charge on any atom is 0.244 e. The number of carbonyl (C=O) groups is 1. The molecule has 21 heavy (non-hydrogen) atoms. The number of primary amides is 1. The van der Waals surface area contributed by atoms with E-state index in [2.05, 4.69) is 15.3 Å². The van der Waals surface area contributed by atoms with Crippen LogP contribution in [0.5, 0.6) is 0 Å². The molecule has 106 valence electrons. The molecule has 0 aliphatic carbocycles. The summed E-state index contributed by atoms with van der Waals surface area (Å²) < 4.78 is 13.0. The van der Waals surface area contributed by atoms with Gasteiger partial charge in [-0.3, -0.25) is 4.79 Å². The normalized spacial score (nSPS) is 12.2. The fourth-order valence-electron chi connectivity index (χ4n) is 2.02. The Kier molecular flexibility index (Phi) is 3.49. The van der Waals surface area contributed by atoms with E-state index in [9.17, 15) is 9.18 Å². The second kappa shape index (κ2) is 5.45. The van der Waals surface area contributed by atoms with Crippen molar-refractivity contribution in [2.75, 3.05) is 5.32 Å². The molecule has 2 aromatic heterocycles. The molecule has 1 atom stereocenters. The molecular weight excluding hydrogens is 291 g/mol. The van der Waals surface area contributed by atoms with Gasteiger partial charge in [0.2, 0.25) is 5.91 Å². The summed E-state index contributed by atoms with van der Waals surface area (Å²) in [5, 5.41) is 5.71. The molecule has 0 aliphatic heterocycles. The Labute approximate surface area is 123 Å². The minimum atomic E-state index is -0.788. The largest absolute Gasteiger partial charge is 0.368 e. The maximum atomic E-state index is 13.0. The number of benzene rings is 1. The first-order valence-corrected chi connectivity index (χ1v) is 7.02. The predicted octanol–water partition coefficient (Wildman–Crippen LogP) is 2.47. The van der Waals surface area contributed by atoms with Crippen LogP contribution < -0.4 is 11.1 Å². The van der Waals surface area contributed by atoms with Crippen LogP contribution in [0.3, 0.4) is 0 Å². The number of thiophene rings is 1. The number of nitrogens with zero attached hydrogens (tertiary/aromatic N) is 2. The van der Waals surface area contributed by atoms with Gasteiger partial charge in [-0.1, -0.05) is 12.1 Å². The summed E-state index contributed by atoms with van der Waals surface area (Å²) in [5.74, 6) is -0.415. The van der Waals surface area contributed by atoms with Crippen molar-refractivity contribution in [1.29, 1.82) is 0 Å². The number of aromatic nitrogens is 2. The highest BCUT2D eigenvalue weighted by molar-refractivity contribution is 7.16. The third-order valence-electron chi connectivity index (χ3n) is 3.03. The average Bonchev–Trinajstić information content (AvgIpc) is 2.95. The summed E-state index contributed by atoms with van der Waals surface area (Å²) in [5.41, 5.74) is 6.01. The minimum Gasteiger partial charge on any atom is -0.368 e. The molecule has 5 nitrogen and oxygen atoms in total.